The quantitative estimate of drug-likeness (QED) is 0.539. The third kappa shape index (κ3) is 1.85. The van der Waals surface area contributed by atoms with Crippen molar-refractivity contribution in [1.29, 1.82) is 0 Å². The van der Waals surface area contributed by atoms with Crippen molar-refractivity contribution in [3.05, 3.63) is 0 Å². The van der Waals surface area contributed by atoms with Crippen LogP contribution >= 0.6 is 0 Å². The Hall–Kier alpha value is -1.14. The summed E-state index contributed by atoms with van der Waals surface area (Å²) in [6.45, 7) is 2.03. The Labute approximate surface area is 81.3 Å². The molecule has 2 atom stereocenters. The van der Waals surface area contributed by atoms with Crippen LogP contribution in [0.25, 0.3) is 0 Å². The number of hydrogen-bond donors (Lipinski definition) is 3. The molecule has 0 aromatic heterocycles. The summed E-state index contributed by atoms with van der Waals surface area (Å²) in [4.78, 5) is 23.0. The molecule has 2 unspecified atom stereocenters. The van der Waals surface area contributed by atoms with Crippen molar-refractivity contribution in [2.24, 2.45) is 5.73 Å². The minimum absolute atomic E-state index is 0.0931. The van der Waals surface area contributed by atoms with E-state index in [0.29, 0.717) is 13.0 Å². The molecule has 1 saturated heterocycles. The standard InChI is InChI=1S/C8H14N2O4/c1-5(6(11)12)10-3-2-8(9,4-10)7(13)14/h5H,2-4,9H2,1H3,(H,11,12)(H,13,14). The maximum atomic E-state index is 10.8. The summed E-state index contributed by atoms with van der Waals surface area (Å²) in [7, 11) is 0. The first-order valence-corrected chi connectivity index (χ1v) is 4.36. The van der Waals surface area contributed by atoms with E-state index in [0.717, 1.165) is 0 Å². The van der Waals surface area contributed by atoms with Crippen LogP contribution in [0.3, 0.4) is 0 Å². The van der Waals surface area contributed by atoms with E-state index in [9.17, 15) is 9.59 Å². The predicted octanol–water partition coefficient (Wildman–Crippen LogP) is -1.05. The summed E-state index contributed by atoms with van der Waals surface area (Å²) >= 11 is 0. The van der Waals surface area contributed by atoms with Crippen molar-refractivity contribution >= 4 is 11.9 Å². The SMILES string of the molecule is CC(C(=O)O)N1CCC(N)(C(=O)O)C1. The first-order valence-electron chi connectivity index (χ1n) is 4.36. The van der Waals surface area contributed by atoms with E-state index in [1.807, 2.05) is 0 Å². The molecule has 1 aliphatic rings. The molecule has 0 aliphatic carbocycles. The lowest BCUT2D eigenvalue weighted by molar-refractivity contribution is -0.145. The van der Waals surface area contributed by atoms with Crippen LogP contribution in [0.4, 0.5) is 0 Å². The highest BCUT2D eigenvalue weighted by Gasteiger charge is 2.43. The average Bonchev–Trinajstić information content (AvgIpc) is 2.48. The van der Waals surface area contributed by atoms with E-state index in [2.05, 4.69) is 0 Å². The lowest BCUT2D eigenvalue weighted by Crippen LogP contribution is -2.51. The van der Waals surface area contributed by atoms with Gasteiger partial charge in [0.05, 0.1) is 0 Å². The van der Waals surface area contributed by atoms with E-state index < -0.39 is 23.5 Å². The number of aliphatic carboxylic acids is 2. The molecule has 6 nitrogen and oxygen atoms in total. The molecule has 1 aliphatic heterocycles. The van der Waals surface area contributed by atoms with Gasteiger partial charge in [-0.15, -0.1) is 0 Å². The molecule has 0 aromatic carbocycles. The second kappa shape index (κ2) is 3.55. The van der Waals surface area contributed by atoms with E-state index in [1.165, 1.54) is 6.92 Å². The third-order valence-electron chi connectivity index (χ3n) is 2.66. The monoisotopic (exact) mass is 202 g/mol. The summed E-state index contributed by atoms with van der Waals surface area (Å²) in [5.74, 6) is -2.03. The highest BCUT2D eigenvalue weighted by molar-refractivity contribution is 5.80. The number of hydrogen-bond acceptors (Lipinski definition) is 4. The highest BCUT2D eigenvalue weighted by atomic mass is 16.4. The number of rotatable bonds is 3. The Kier molecular flexibility index (Phi) is 2.77. The van der Waals surface area contributed by atoms with Crippen molar-refractivity contribution in [1.82, 2.24) is 4.90 Å². The maximum absolute atomic E-state index is 10.8. The average molecular weight is 202 g/mol. The number of carbonyl (C=O) groups is 2. The van der Waals surface area contributed by atoms with E-state index in [-0.39, 0.29) is 6.54 Å². The normalized spacial score (nSPS) is 30.1. The van der Waals surface area contributed by atoms with Gasteiger partial charge in [-0.3, -0.25) is 14.5 Å². The Balaban J connectivity index is 2.65. The molecule has 0 radical (unpaired) electrons. The molecule has 6 heteroatoms. The van der Waals surface area contributed by atoms with Gasteiger partial charge >= 0.3 is 11.9 Å². The van der Waals surface area contributed by atoms with Crippen molar-refractivity contribution in [2.75, 3.05) is 13.1 Å². The summed E-state index contributed by atoms with van der Waals surface area (Å²) < 4.78 is 0. The molecular formula is C8H14N2O4. The molecule has 0 aromatic rings. The van der Waals surface area contributed by atoms with Gasteiger partial charge in [0.1, 0.15) is 11.6 Å². The summed E-state index contributed by atoms with van der Waals surface area (Å²) in [5, 5.41) is 17.5. The molecule has 0 saturated carbocycles. The number of nitrogens with zero attached hydrogens (tertiary/aromatic N) is 1. The molecule has 1 rings (SSSR count). The molecule has 0 bridgehead atoms. The molecule has 4 N–H and O–H groups in total. The number of carboxylic acids is 2. The first-order chi connectivity index (χ1) is 6.37. The molecule has 1 fully saturated rings. The Bertz CT molecular complexity index is 268. The van der Waals surface area contributed by atoms with Crippen molar-refractivity contribution < 1.29 is 19.8 Å². The van der Waals surface area contributed by atoms with Crippen molar-refractivity contribution in [3.8, 4) is 0 Å². The summed E-state index contributed by atoms with van der Waals surface area (Å²) in [6, 6.07) is -0.681. The van der Waals surface area contributed by atoms with Gasteiger partial charge in [0, 0.05) is 13.1 Å². The predicted molar refractivity (Wildman–Crippen MR) is 47.8 cm³/mol. The van der Waals surface area contributed by atoms with Crippen LogP contribution in [0.15, 0.2) is 0 Å². The first kappa shape index (κ1) is 10.9. The van der Waals surface area contributed by atoms with Crippen LogP contribution in [0, 0.1) is 0 Å². The fourth-order valence-corrected chi connectivity index (χ4v) is 1.52. The van der Waals surface area contributed by atoms with Gasteiger partial charge in [-0.2, -0.15) is 0 Å². The van der Waals surface area contributed by atoms with E-state index in [4.69, 9.17) is 15.9 Å². The topological polar surface area (TPSA) is 104 Å². The van der Waals surface area contributed by atoms with Crippen molar-refractivity contribution in [2.45, 2.75) is 24.9 Å². The zero-order valence-electron chi connectivity index (χ0n) is 7.93. The fourth-order valence-electron chi connectivity index (χ4n) is 1.52. The van der Waals surface area contributed by atoms with Gasteiger partial charge in [-0.25, -0.2) is 0 Å². The Morgan fingerprint density at radius 2 is 2.07 bits per heavy atom. The number of nitrogens with two attached hydrogens (primary N) is 1. The van der Waals surface area contributed by atoms with Crippen LogP contribution < -0.4 is 5.73 Å². The van der Waals surface area contributed by atoms with Crippen molar-refractivity contribution in [3.63, 3.8) is 0 Å². The Morgan fingerprint density at radius 3 is 2.43 bits per heavy atom. The second-order valence-corrected chi connectivity index (χ2v) is 3.70. The van der Waals surface area contributed by atoms with Gasteiger partial charge < -0.3 is 15.9 Å². The molecule has 14 heavy (non-hydrogen) atoms. The van der Waals surface area contributed by atoms with E-state index in [1.54, 1.807) is 4.90 Å². The van der Waals surface area contributed by atoms with E-state index >= 15 is 0 Å². The molecule has 80 valence electrons. The largest absolute Gasteiger partial charge is 0.480 e. The molecule has 0 amide bonds. The minimum Gasteiger partial charge on any atom is -0.480 e. The fraction of sp³-hybridized carbons (Fsp3) is 0.750. The number of carboxylic acid groups (broad SMARTS) is 2. The zero-order valence-corrected chi connectivity index (χ0v) is 7.93. The van der Waals surface area contributed by atoms with Gasteiger partial charge in [0.25, 0.3) is 0 Å². The lowest BCUT2D eigenvalue weighted by atomic mass is 10.0. The highest BCUT2D eigenvalue weighted by Crippen LogP contribution is 2.20. The lowest BCUT2D eigenvalue weighted by Gasteiger charge is -2.22. The van der Waals surface area contributed by atoms with Gasteiger partial charge in [-0.1, -0.05) is 0 Å². The zero-order chi connectivity index (χ0) is 10.9. The maximum Gasteiger partial charge on any atom is 0.325 e. The van der Waals surface area contributed by atoms with Crippen LogP contribution in [0.1, 0.15) is 13.3 Å². The molecular weight excluding hydrogens is 188 g/mol. The van der Waals surface area contributed by atoms with Gasteiger partial charge in [0.15, 0.2) is 0 Å². The molecule has 1 heterocycles. The van der Waals surface area contributed by atoms with Gasteiger partial charge in [0.2, 0.25) is 0 Å². The summed E-state index contributed by atoms with van der Waals surface area (Å²) in [5.41, 5.74) is 4.31. The second-order valence-electron chi connectivity index (χ2n) is 3.70. The minimum atomic E-state index is -1.29. The van der Waals surface area contributed by atoms with Crippen LogP contribution in [0.2, 0.25) is 0 Å². The van der Waals surface area contributed by atoms with Crippen LogP contribution in [-0.4, -0.2) is 51.7 Å². The van der Waals surface area contributed by atoms with Gasteiger partial charge in [-0.05, 0) is 13.3 Å². The Morgan fingerprint density at radius 1 is 1.50 bits per heavy atom. The molecule has 0 spiro atoms. The number of likely N-dealkylation sites (tertiary alicyclic amines) is 1. The third-order valence-corrected chi connectivity index (χ3v) is 2.66. The smallest absolute Gasteiger partial charge is 0.325 e. The van der Waals surface area contributed by atoms with Crippen LogP contribution in [0.5, 0.6) is 0 Å². The summed E-state index contributed by atoms with van der Waals surface area (Å²) in [6.07, 6.45) is 0.292. The van der Waals surface area contributed by atoms with Crippen LogP contribution in [-0.2, 0) is 9.59 Å².